The number of ether oxygens (including phenoxy) is 1. The number of hydrogen-bond donors (Lipinski definition) is 1. The molecule has 1 aromatic rings. The van der Waals surface area contributed by atoms with Crippen LogP contribution < -0.4 is 5.32 Å². The fraction of sp³-hybridized carbons (Fsp3) is 0.647. The Labute approximate surface area is 117 Å². The lowest BCUT2D eigenvalue weighted by Crippen LogP contribution is -2.31. The van der Waals surface area contributed by atoms with Crippen LogP contribution in [0.3, 0.4) is 0 Å². The minimum atomic E-state index is 0.218. The van der Waals surface area contributed by atoms with Crippen molar-refractivity contribution in [1.29, 1.82) is 0 Å². The summed E-state index contributed by atoms with van der Waals surface area (Å²) in [5.74, 6) is 0.645. The van der Waals surface area contributed by atoms with Crippen LogP contribution in [0.2, 0.25) is 0 Å². The molecule has 1 N–H and O–H groups in total. The van der Waals surface area contributed by atoms with E-state index in [4.69, 9.17) is 4.74 Å². The molecule has 0 amide bonds. The van der Waals surface area contributed by atoms with Crippen molar-refractivity contribution < 1.29 is 4.74 Å². The first-order valence-corrected chi connectivity index (χ1v) is 7.36. The van der Waals surface area contributed by atoms with Crippen LogP contribution in [-0.4, -0.2) is 20.2 Å². The van der Waals surface area contributed by atoms with Gasteiger partial charge in [-0.1, -0.05) is 45.0 Å². The van der Waals surface area contributed by atoms with Crippen molar-refractivity contribution in [3.63, 3.8) is 0 Å². The predicted molar refractivity (Wildman–Crippen MR) is 80.5 cm³/mol. The van der Waals surface area contributed by atoms with Gasteiger partial charge in [-0.2, -0.15) is 0 Å². The van der Waals surface area contributed by atoms with Crippen LogP contribution in [0.4, 0.5) is 0 Å². The second-order valence-corrected chi connectivity index (χ2v) is 6.62. The molecule has 1 aliphatic rings. The van der Waals surface area contributed by atoms with Crippen LogP contribution in [0, 0.1) is 5.92 Å². The molecule has 1 saturated heterocycles. The van der Waals surface area contributed by atoms with Crippen molar-refractivity contribution in [3.05, 3.63) is 35.4 Å². The number of rotatable bonds is 3. The molecule has 0 aromatic heterocycles. The Balaban J connectivity index is 2.14. The molecule has 0 radical (unpaired) electrons. The van der Waals surface area contributed by atoms with Gasteiger partial charge < -0.3 is 10.1 Å². The quantitative estimate of drug-likeness (QED) is 0.896. The molecule has 1 fully saturated rings. The molecule has 0 bridgehead atoms. The molecule has 0 saturated carbocycles. The highest BCUT2D eigenvalue weighted by molar-refractivity contribution is 5.29. The number of methoxy groups -OCH3 is 1. The van der Waals surface area contributed by atoms with Gasteiger partial charge in [0.05, 0.1) is 6.10 Å². The molecule has 19 heavy (non-hydrogen) atoms. The van der Waals surface area contributed by atoms with E-state index in [1.54, 1.807) is 0 Å². The minimum Gasteiger partial charge on any atom is -0.376 e. The minimum absolute atomic E-state index is 0.218. The van der Waals surface area contributed by atoms with E-state index in [1.807, 2.05) is 7.11 Å². The lowest BCUT2D eigenvalue weighted by atomic mass is 9.84. The largest absolute Gasteiger partial charge is 0.376 e. The molecule has 1 aliphatic heterocycles. The van der Waals surface area contributed by atoms with Crippen molar-refractivity contribution >= 4 is 0 Å². The number of piperidine rings is 1. The first-order valence-electron chi connectivity index (χ1n) is 7.36. The second-order valence-electron chi connectivity index (χ2n) is 6.62. The molecular formula is C17H27NO. The molecule has 2 nitrogen and oxygen atoms in total. The highest BCUT2D eigenvalue weighted by Gasteiger charge is 2.25. The van der Waals surface area contributed by atoms with Gasteiger partial charge in [0.2, 0.25) is 0 Å². The molecule has 106 valence electrons. The summed E-state index contributed by atoms with van der Waals surface area (Å²) in [4.78, 5) is 0. The van der Waals surface area contributed by atoms with Crippen LogP contribution in [0.25, 0.3) is 0 Å². The number of benzene rings is 1. The van der Waals surface area contributed by atoms with E-state index in [0.29, 0.717) is 5.92 Å². The van der Waals surface area contributed by atoms with Gasteiger partial charge in [-0.15, -0.1) is 0 Å². The van der Waals surface area contributed by atoms with E-state index in [9.17, 15) is 0 Å². The molecular weight excluding hydrogens is 234 g/mol. The van der Waals surface area contributed by atoms with Gasteiger partial charge in [0.25, 0.3) is 0 Å². The zero-order chi connectivity index (χ0) is 13.9. The van der Waals surface area contributed by atoms with Crippen molar-refractivity contribution in [2.75, 3.05) is 20.2 Å². The van der Waals surface area contributed by atoms with E-state index in [1.165, 1.54) is 24.0 Å². The summed E-state index contributed by atoms with van der Waals surface area (Å²) in [7, 11) is 1.84. The molecule has 0 aliphatic carbocycles. The Morgan fingerprint density at radius 1 is 1.11 bits per heavy atom. The first kappa shape index (κ1) is 14.5. The van der Waals surface area contributed by atoms with Crippen LogP contribution >= 0.6 is 0 Å². The fourth-order valence-corrected chi connectivity index (χ4v) is 2.92. The molecule has 1 atom stereocenters. The summed E-state index contributed by atoms with van der Waals surface area (Å²) < 4.78 is 5.77. The third-order valence-corrected chi connectivity index (χ3v) is 4.17. The Morgan fingerprint density at radius 3 is 2.16 bits per heavy atom. The molecule has 2 rings (SSSR count). The third-order valence-electron chi connectivity index (χ3n) is 4.17. The first-order chi connectivity index (χ1) is 9.02. The van der Waals surface area contributed by atoms with Gasteiger partial charge in [0, 0.05) is 7.11 Å². The van der Waals surface area contributed by atoms with Crippen molar-refractivity contribution in [2.24, 2.45) is 5.92 Å². The summed E-state index contributed by atoms with van der Waals surface area (Å²) >= 11 is 0. The van der Waals surface area contributed by atoms with Gasteiger partial charge >= 0.3 is 0 Å². The zero-order valence-electron chi connectivity index (χ0n) is 12.7. The molecule has 0 spiro atoms. The molecule has 1 unspecified atom stereocenters. The lowest BCUT2D eigenvalue weighted by molar-refractivity contribution is 0.0383. The van der Waals surface area contributed by atoms with Crippen molar-refractivity contribution in [3.8, 4) is 0 Å². The van der Waals surface area contributed by atoms with Crippen LogP contribution in [0.1, 0.15) is 50.8 Å². The molecule has 2 heteroatoms. The van der Waals surface area contributed by atoms with E-state index in [-0.39, 0.29) is 11.5 Å². The Morgan fingerprint density at radius 2 is 1.68 bits per heavy atom. The predicted octanol–water partition coefficient (Wildman–Crippen LogP) is 3.67. The van der Waals surface area contributed by atoms with Gasteiger partial charge in [0.1, 0.15) is 0 Å². The smallest absolute Gasteiger partial charge is 0.0850 e. The van der Waals surface area contributed by atoms with Gasteiger partial charge in [0.15, 0.2) is 0 Å². The van der Waals surface area contributed by atoms with Gasteiger partial charge in [-0.05, 0) is 48.4 Å². The summed E-state index contributed by atoms with van der Waals surface area (Å²) in [5.41, 5.74) is 2.93. The Bertz CT molecular complexity index is 385. The SMILES string of the molecule is COC(c1ccc(C(C)(C)C)cc1)C1CCNCC1. The molecule has 1 aromatic carbocycles. The Kier molecular flexibility index (Phi) is 4.64. The normalized spacial score (nSPS) is 19.4. The number of hydrogen-bond acceptors (Lipinski definition) is 2. The number of nitrogens with one attached hydrogen (secondary N) is 1. The summed E-state index contributed by atoms with van der Waals surface area (Å²) in [6.07, 6.45) is 2.66. The average molecular weight is 261 g/mol. The fourth-order valence-electron chi connectivity index (χ4n) is 2.92. The highest BCUT2D eigenvalue weighted by atomic mass is 16.5. The molecule has 1 heterocycles. The van der Waals surface area contributed by atoms with Gasteiger partial charge in [-0.3, -0.25) is 0 Å². The van der Waals surface area contributed by atoms with E-state index in [0.717, 1.165) is 13.1 Å². The maximum absolute atomic E-state index is 5.77. The van der Waals surface area contributed by atoms with Crippen molar-refractivity contribution in [2.45, 2.75) is 45.1 Å². The van der Waals surface area contributed by atoms with Gasteiger partial charge in [-0.25, -0.2) is 0 Å². The van der Waals surface area contributed by atoms with Crippen molar-refractivity contribution in [1.82, 2.24) is 5.32 Å². The Hall–Kier alpha value is -0.860. The average Bonchev–Trinajstić information content (AvgIpc) is 2.40. The van der Waals surface area contributed by atoms with Crippen LogP contribution in [-0.2, 0) is 10.2 Å². The van der Waals surface area contributed by atoms with Crippen LogP contribution in [0.15, 0.2) is 24.3 Å². The summed E-state index contributed by atoms with van der Waals surface area (Å²) in [5, 5.41) is 3.42. The zero-order valence-corrected chi connectivity index (χ0v) is 12.7. The maximum atomic E-state index is 5.77. The summed E-state index contributed by atoms with van der Waals surface area (Å²) in [6, 6.07) is 9.00. The van der Waals surface area contributed by atoms with E-state index >= 15 is 0 Å². The van der Waals surface area contributed by atoms with E-state index < -0.39 is 0 Å². The third kappa shape index (κ3) is 3.58. The second kappa shape index (κ2) is 6.06. The lowest BCUT2D eigenvalue weighted by Gasteiger charge is -2.30. The topological polar surface area (TPSA) is 21.3 Å². The monoisotopic (exact) mass is 261 g/mol. The standard InChI is InChI=1S/C17H27NO/c1-17(2,3)15-7-5-13(6-8-15)16(19-4)14-9-11-18-12-10-14/h5-8,14,16,18H,9-12H2,1-4H3. The summed E-state index contributed by atoms with van der Waals surface area (Å²) in [6.45, 7) is 8.99. The maximum Gasteiger partial charge on any atom is 0.0850 e. The highest BCUT2D eigenvalue weighted by Crippen LogP contribution is 2.32. The van der Waals surface area contributed by atoms with Crippen LogP contribution in [0.5, 0.6) is 0 Å². The van der Waals surface area contributed by atoms with E-state index in [2.05, 4.69) is 50.4 Å².